The molecule has 1 aliphatic heterocycles. The van der Waals surface area contributed by atoms with Gasteiger partial charge in [-0.3, -0.25) is 9.59 Å². The normalized spacial score (nSPS) is 23.4. The summed E-state index contributed by atoms with van der Waals surface area (Å²) in [5.41, 5.74) is 0. The van der Waals surface area contributed by atoms with Crippen LogP contribution in [0, 0.1) is 5.92 Å². The lowest BCUT2D eigenvalue weighted by Gasteiger charge is -2.30. The van der Waals surface area contributed by atoms with Gasteiger partial charge in [0.15, 0.2) is 0 Å². The van der Waals surface area contributed by atoms with E-state index < -0.39 is 0 Å². The van der Waals surface area contributed by atoms with Crippen LogP contribution in [0.5, 0.6) is 0 Å². The molecule has 0 bridgehead atoms. The van der Waals surface area contributed by atoms with Gasteiger partial charge < -0.3 is 4.90 Å². The third kappa shape index (κ3) is 2.14. The van der Waals surface area contributed by atoms with Gasteiger partial charge in [-0.05, 0) is 18.8 Å². The Morgan fingerprint density at radius 3 is 2.43 bits per heavy atom. The van der Waals surface area contributed by atoms with Crippen molar-refractivity contribution in [3.8, 4) is 0 Å². The van der Waals surface area contributed by atoms with Crippen LogP contribution in [0.3, 0.4) is 0 Å². The Balaban J connectivity index is 1.76. The van der Waals surface area contributed by atoms with Crippen LogP contribution in [0.4, 0.5) is 0 Å². The summed E-state index contributed by atoms with van der Waals surface area (Å²) in [7, 11) is 0. The van der Waals surface area contributed by atoms with Crippen LogP contribution in [0.1, 0.15) is 38.5 Å². The number of rotatable bonds is 2. The Labute approximate surface area is 84.5 Å². The van der Waals surface area contributed by atoms with Crippen LogP contribution >= 0.6 is 0 Å². The maximum Gasteiger partial charge on any atom is 0.222 e. The molecular weight excluding hydrogens is 178 g/mol. The zero-order chi connectivity index (χ0) is 9.97. The first kappa shape index (κ1) is 9.69. The average molecular weight is 195 g/mol. The molecule has 0 unspecified atom stereocenters. The van der Waals surface area contributed by atoms with Crippen molar-refractivity contribution in [2.45, 2.75) is 38.5 Å². The van der Waals surface area contributed by atoms with Crippen LogP contribution in [-0.2, 0) is 9.59 Å². The first-order valence-corrected chi connectivity index (χ1v) is 5.55. The summed E-state index contributed by atoms with van der Waals surface area (Å²) in [5.74, 6) is 1.21. The monoisotopic (exact) mass is 195 g/mol. The van der Waals surface area contributed by atoms with Crippen molar-refractivity contribution < 1.29 is 9.59 Å². The Morgan fingerprint density at radius 2 is 1.93 bits per heavy atom. The SMILES string of the molecule is O=C1CCN(C(=O)CC2CCC2)CC1. The molecule has 0 atom stereocenters. The highest BCUT2D eigenvalue weighted by atomic mass is 16.2. The standard InChI is InChI=1S/C11H17NO2/c13-10-4-6-12(7-5-10)11(14)8-9-2-1-3-9/h9H,1-8H2. The van der Waals surface area contributed by atoms with Crippen LogP contribution in [-0.4, -0.2) is 29.7 Å². The fourth-order valence-corrected chi connectivity index (χ4v) is 2.08. The number of carbonyl (C=O) groups excluding carboxylic acids is 2. The molecule has 1 heterocycles. The van der Waals surface area contributed by atoms with Crippen molar-refractivity contribution in [1.29, 1.82) is 0 Å². The maximum atomic E-state index is 11.7. The third-order valence-corrected chi connectivity index (χ3v) is 3.36. The number of piperidine rings is 1. The molecule has 3 heteroatoms. The van der Waals surface area contributed by atoms with E-state index in [1.807, 2.05) is 4.90 Å². The summed E-state index contributed by atoms with van der Waals surface area (Å²) in [6, 6.07) is 0. The minimum absolute atomic E-state index is 0.266. The Morgan fingerprint density at radius 1 is 1.29 bits per heavy atom. The quantitative estimate of drug-likeness (QED) is 0.667. The number of Topliss-reactive ketones (excluding diaryl/α,β-unsaturated/α-hetero) is 1. The van der Waals surface area contributed by atoms with Gasteiger partial charge in [-0.15, -0.1) is 0 Å². The number of carbonyl (C=O) groups is 2. The second-order valence-corrected chi connectivity index (χ2v) is 4.42. The van der Waals surface area contributed by atoms with Gasteiger partial charge in [0.1, 0.15) is 5.78 Å². The van der Waals surface area contributed by atoms with E-state index >= 15 is 0 Å². The summed E-state index contributed by atoms with van der Waals surface area (Å²) < 4.78 is 0. The summed E-state index contributed by atoms with van der Waals surface area (Å²) >= 11 is 0. The topological polar surface area (TPSA) is 37.4 Å². The van der Waals surface area contributed by atoms with Gasteiger partial charge in [0.2, 0.25) is 5.91 Å². The van der Waals surface area contributed by atoms with Gasteiger partial charge in [-0.1, -0.05) is 6.42 Å². The number of amides is 1. The van der Waals surface area contributed by atoms with E-state index in [2.05, 4.69) is 0 Å². The van der Waals surface area contributed by atoms with Crippen LogP contribution in [0.15, 0.2) is 0 Å². The minimum atomic E-state index is 0.266. The molecule has 14 heavy (non-hydrogen) atoms. The summed E-state index contributed by atoms with van der Waals surface area (Å²) in [6.45, 7) is 1.31. The largest absolute Gasteiger partial charge is 0.342 e. The van der Waals surface area contributed by atoms with Crippen molar-refractivity contribution in [2.75, 3.05) is 13.1 Å². The molecule has 0 aromatic rings. The summed E-state index contributed by atoms with van der Waals surface area (Å²) in [4.78, 5) is 24.6. The fourth-order valence-electron chi connectivity index (χ4n) is 2.08. The highest BCUT2D eigenvalue weighted by molar-refractivity contribution is 5.83. The first-order valence-electron chi connectivity index (χ1n) is 5.55. The molecule has 2 fully saturated rings. The van der Waals surface area contributed by atoms with Crippen molar-refractivity contribution >= 4 is 11.7 Å². The van der Waals surface area contributed by atoms with E-state index in [1.165, 1.54) is 19.3 Å². The Kier molecular flexibility index (Phi) is 2.85. The number of nitrogens with zero attached hydrogens (tertiary/aromatic N) is 1. The second kappa shape index (κ2) is 4.11. The molecular formula is C11H17NO2. The lowest BCUT2D eigenvalue weighted by atomic mass is 9.82. The highest BCUT2D eigenvalue weighted by Gasteiger charge is 2.25. The van der Waals surface area contributed by atoms with Gasteiger partial charge in [0, 0.05) is 32.4 Å². The molecule has 3 nitrogen and oxygen atoms in total. The fraction of sp³-hybridized carbons (Fsp3) is 0.818. The predicted octanol–water partition coefficient (Wildman–Crippen LogP) is 1.37. The van der Waals surface area contributed by atoms with E-state index in [1.54, 1.807) is 0 Å². The van der Waals surface area contributed by atoms with Crippen molar-refractivity contribution in [2.24, 2.45) is 5.92 Å². The lowest BCUT2D eigenvalue weighted by molar-refractivity contribution is -0.135. The van der Waals surface area contributed by atoms with Crippen LogP contribution < -0.4 is 0 Å². The molecule has 0 aromatic carbocycles. The van der Waals surface area contributed by atoms with E-state index in [-0.39, 0.29) is 5.91 Å². The number of hydrogen-bond acceptors (Lipinski definition) is 2. The van der Waals surface area contributed by atoms with Gasteiger partial charge >= 0.3 is 0 Å². The first-order chi connectivity index (χ1) is 6.75. The van der Waals surface area contributed by atoms with E-state index in [0.29, 0.717) is 44.1 Å². The number of hydrogen-bond donors (Lipinski definition) is 0. The van der Waals surface area contributed by atoms with Crippen LogP contribution in [0.2, 0.25) is 0 Å². The molecule has 2 aliphatic rings. The molecule has 1 aliphatic carbocycles. The number of ketones is 1. The molecule has 0 N–H and O–H groups in total. The average Bonchev–Trinajstić information content (AvgIpc) is 2.12. The predicted molar refractivity (Wildman–Crippen MR) is 52.8 cm³/mol. The molecule has 1 saturated heterocycles. The molecule has 1 saturated carbocycles. The number of likely N-dealkylation sites (tertiary alicyclic amines) is 1. The van der Waals surface area contributed by atoms with Gasteiger partial charge in [-0.2, -0.15) is 0 Å². The van der Waals surface area contributed by atoms with E-state index in [9.17, 15) is 9.59 Å². The van der Waals surface area contributed by atoms with E-state index in [0.717, 1.165) is 0 Å². The Bertz CT molecular complexity index is 236. The van der Waals surface area contributed by atoms with Crippen molar-refractivity contribution in [1.82, 2.24) is 4.90 Å². The Hall–Kier alpha value is -0.860. The molecule has 0 aromatic heterocycles. The molecule has 1 amide bonds. The van der Waals surface area contributed by atoms with Crippen LogP contribution in [0.25, 0.3) is 0 Å². The minimum Gasteiger partial charge on any atom is -0.342 e. The molecule has 78 valence electrons. The van der Waals surface area contributed by atoms with E-state index in [4.69, 9.17) is 0 Å². The highest BCUT2D eigenvalue weighted by Crippen LogP contribution is 2.30. The molecule has 0 radical (unpaired) electrons. The molecule has 0 spiro atoms. The third-order valence-electron chi connectivity index (χ3n) is 3.36. The zero-order valence-corrected chi connectivity index (χ0v) is 8.50. The summed E-state index contributed by atoms with van der Waals surface area (Å²) in [6.07, 6.45) is 5.58. The van der Waals surface area contributed by atoms with Gasteiger partial charge in [0.25, 0.3) is 0 Å². The summed E-state index contributed by atoms with van der Waals surface area (Å²) in [5, 5.41) is 0. The van der Waals surface area contributed by atoms with Gasteiger partial charge in [-0.25, -0.2) is 0 Å². The van der Waals surface area contributed by atoms with Gasteiger partial charge in [0.05, 0.1) is 0 Å². The lowest BCUT2D eigenvalue weighted by Crippen LogP contribution is -2.39. The van der Waals surface area contributed by atoms with Crippen molar-refractivity contribution in [3.63, 3.8) is 0 Å². The smallest absolute Gasteiger partial charge is 0.222 e. The molecule has 2 rings (SSSR count). The zero-order valence-electron chi connectivity index (χ0n) is 8.50. The van der Waals surface area contributed by atoms with Crippen molar-refractivity contribution in [3.05, 3.63) is 0 Å². The second-order valence-electron chi connectivity index (χ2n) is 4.42. The maximum absolute atomic E-state index is 11.7.